The third kappa shape index (κ3) is 8.38. The molecule has 2 aromatic heterocycles. The Morgan fingerprint density at radius 1 is 0.582 bits per heavy atom. The first-order valence-corrected chi connectivity index (χ1v) is 16.2. The van der Waals surface area contributed by atoms with Crippen LogP contribution in [0, 0.1) is 63.1 Å². The average Bonchev–Trinajstić information content (AvgIpc) is 3.19. The lowest BCUT2D eigenvalue weighted by Crippen LogP contribution is -2.26. The molecular formula is C39H26F5N9O2. The molecule has 0 saturated heterocycles. The lowest BCUT2D eigenvalue weighted by Gasteiger charge is -2.14. The van der Waals surface area contributed by atoms with Crippen LogP contribution in [0.2, 0.25) is 0 Å². The molecule has 16 heteroatoms. The number of hydrogen-bond donors (Lipinski definition) is 2. The van der Waals surface area contributed by atoms with Gasteiger partial charge in [0.25, 0.3) is 11.1 Å². The van der Waals surface area contributed by atoms with Crippen molar-refractivity contribution in [2.45, 2.75) is 26.9 Å². The minimum Gasteiger partial charge on any atom is -0.350 e. The molecule has 0 spiro atoms. The molecule has 6 rings (SSSR count). The van der Waals surface area contributed by atoms with E-state index in [9.17, 15) is 42.1 Å². The van der Waals surface area contributed by atoms with Gasteiger partial charge in [0, 0.05) is 47.7 Å². The van der Waals surface area contributed by atoms with E-state index >= 15 is 0 Å². The van der Waals surface area contributed by atoms with Gasteiger partial charge in [-0.2, -0.15) is 26.0 Å². The first-order chi connectivity index (χ1) is 26.4. The van der Waals surface area contributed by atoms with Crippen molar-refractivity contribution in [2.24, 2.45) is 0 Å². The van der Waals surface area contributed by atoms with Crippen LogP contribution in [0.3, 0.4) is 0 Å². The Bertz CT molecular complexity index is 2620. The quantitative estimate of drug-likeness (QED) is 0.117. The lowest BCUT2D eigenvalue weighted by atomic mass is 10.1. The Kier molecular flexibility index (Phi) is 11.8. The van der Waals surface area contributed by atoms with E-state index in [0.717, 1.165) is 16.8 Å². The highest BCUT2D eigenvalue weighted by Crippen LogP contribution is 2.29. The SMILES string of the molecule is CCn1nc(-c2ccc(F)cc2)c(C#N)c(Nc2cc(F)c(F)c(F)c2)c1=O.CCn1nc(-c2ccc(F)cc2)c(C#N)c(Nc2ccc(C#N)cc2)c1=O. The summed E-state index contributed by atoms with van der Waals surface area (Å²) in [5, 5.41) is 42.0. The van der Waals surface area contributed by atoms with Crippen molar-refractivity contribution in [1.82, 2.24) is 19.6 Å². The third-order valence-corrected chi connectivity index (χ3v) is 7.91. The first-order valence-electron chi connectivity index (χ1n) is 16.2. The molecule has 0 aliphatic carbocycles. The maximum absolute atomic E-state index is 13.5. The molecule has 0 radical (unpaired) electrons. The Hall–Kier alpha value is -7.64. The van der Waals surface area contributed by atoms with Gasteiger partial charge in [0.05, 0.1) is 11.6 Å². The number of benzene rings is 4. The van der Waals surface area contributed by atoms with Gasteiger partial charge in [0.15, 0.2) is 17.5 Å². The largest absolute Gasteiger partial charge is 0.350 e. The molecule has 11 nitrogen and oxygen atoms in total. The van der Waals surface area contributed by atoms with Crippen LogP contribution >= 0.6 is 0 Å². The van der Waals surface area contributed by atoms with E-state index in [-0.39, 0.29) is 46.1 Å². The van der Waals surface area contributed by atoms with Gasteiger partial charge in [-0.1, -0.05) is 0 Å². The molecule has 0 aliphatic rings. The molecule has 2 heterocycles. The van der Waals surface area contributed by atoms with Gasteiger partial charge in [-0.15, -0.1) is 0 Å². The summed E-state index contributed by atoms with van der Waals surface area (Å²) in [5.41, 5.74) is 0.537. The van der Waals surface area contributed by atoms with Crippen LogP contribution in [0.1, 0.15) is 30.5 Å². The van der Waals surface area contributed by atoms with Crippen LogP contribution in [0.15, 0.2) is 94.5 Å². The van der Waals surface area contributed by atoms with E-state index in [1.54, 1.807) is 38.1 Å². The van der Waals surface area contributed by atoms with Crippen LogP contribution in [-0.4, -0.2) is 19.6 Å². The number of aromatic nitrogens is 4. The second-order valence-corrected chi connectivity index (χ2v) is 11.4. The second kappa shape index (κ2) is 16.8. The van der Waals surface area contributed by atoms with Gasteiger partial charge < -0.3 is 10.6 Å². The van der Waals surface area contributed by atoms with Crippen LogP contribution in [-0.2, 0) is 13.1 Å². The topological polar surface area (TPSA) is 165 Å². The number of rotatable bonds is 8. The predicted octanol–water partition coefficient (Wildman–Crippen LogP) is 7.66. The molecule has 4 aromatic carbocycles. The minimum absolute atomic E-state index is 0.0701. The van der Waals surface area contributed by atoms with Gasteiger partial charge in [0.1, 0.15) is 57.7 Å². The molecule has 0 unspecified atom stereocenters. The smallest absolute Gasteiger partial charge is 0.291 e. The van der Waals surface area contributed by atoms with Crippen molar-refractivity contribution in [2.75, 3.05) is 10.6 Å². The van der Waals surface area contributed by atoms with Crippen molar-refractivity contribution >= 4 is 22.7 Å². The molecular weight excluding hydrogens is 721 g/mol. The lowest BCUT2D eigenvalue weighted by molar-refractivity contribution is 0.448. The number of nitrogens with one attached hydrogen (secondary N) is 2. The summed E-state index contributed by atoms with van der Waals surface area (Å²) in [5.74, 6) is -5.47. The highest BCUT2D eigenvalue weighted by Gasteiger charge is 2.21. The van der Waals surface area contributed by atoms with E-state index in [0.29, 0.717) is 41.1 Å². The van der Waals surface area contributed by atoms with E-state index in [2.05, 4.69) is 20.8 Å². The van der Waals surface area contributed by atoms with Gasteiger partial charge in [-0.25, -0.2) is 31.3 Å². The molecule has 0 amide bonds. The van der Waals surface area contributed by atoms with Crippen LogP contribution in [0.5, 0.6) is 0 Å². The highest BCUT2D eigenvalue weighted by molar-refractivity contribution is 5.78. The van der Waals surface area contributed by atoms with E-state index < -0.39 is 40.2 Å². The zero-order valence-electron chi connectivity index (χ0n) is 28.8. The zero-order valence-corrected chi connectivity index (χ0v) is 28.8. The fraction of sp³-hybridized carbons (Fsp3) is 0.103. The number of nitrogens with zero attached hydrogens (tertiary/aromatic N) is 7. The number of nitriles is 3. The molecule has 2 N–H and O–H groups in total. The minimum atomic E-state index is -1.65. The second-order valence-electron chi connectivity index (χ2n) is 11.4. The molecule has 0 aliphatic heterocycles. The fourth-order valence-corrected chi connectivity index (χ4v) is 5.18. The highest BCUT2D eigenvalue weighted by atomic mass is 19.2. The summed E-state index contributed by atoms with van der Waals surface area (Å²) in [6, 6.07) is 24.4. The number of anilines is 4. The summed E-state index contributed by atoms with van der Waals surface area (Å²) in [6.45, 7) is 3.84. The van der Waals surface area contributed by atoms with Gasteiger partial charge in [-0.3, -0.25) is 9.59 Å². The average molecular weight is 748 g/mol. The van der Waals surface area contributed by atoms with Gasteiger partial charge in [0.2, 0.25) is 0 Å². The summed E-state index contributed by atoms with van der Waals surface area (Å²) < 4.78 is 68.9. The van der Waals surface area contributed by atoms with E-state index in [1.807, 2.05) is 18.2 Å². The summed E-state index contributed by atoms with van der Waals surface area (Å²) in [4.78, 5) is 25.3. The zero-order chi connectivity index (χ0) is 39.8. The molecule has 55 heavy (non-hydrogen) atoms. The van der Waals surface area contributed by atoms with Crippen molar-refractivity contribution < 1.29 is 22.0 Å². The number of aryl methyl sites for hydroxylation is 2. The summed E-state index contributed by atoms with van der Waals surface area (Å²) in [6.07, 6.45) is 0. The number of halogens is 5. The first kappa shape index (κ1) is 38.6. The standard InChI is InChI=1S/C20H14FN5O.C19H12F4N4O/c1-2-26-20(27)19(24-16-9-3-13(11-22)4-10-16)17(12-23)18(25-26)14-5-7-15(21)8-6-14;1-2-27-19(28)18(25-12-7-14(21)16(23)15(22)8-12)13(9-24)17(26-27)10-3-5-11(20)6-4-10/h3-10,24H,2H2,1H3;3-8,25H,2H2,1H3. The van der Waals surface area contributed by atoms with Crippen molar-refractivity contribution in [1.29, 1.82) is 15.8 Å². The maximum atomic E-state index is 13.5. The van der Waals surface area contributed by atoms with Gasteiger partial charge in [-0.05, 0) is 86.6 Å². The molecule has 0 saturated carbocycles. The normalized spacial score (nSPS) is 10.3. The van der Waals surface area contributed by atoms with Crippen molar-refractivity contribution in [3.05, 3.63) is 151 Å². The fourth-order valence-electron chi connectivity index (χ4n) is 5.18. The Morgan fingerprint density at radius 2 is 0.982 bits per heavy atom. The summed E-state index contributed by atoms with van der Waals surface area (Å²) in [7, 11) is 0. The molecule has 0 bridgehead atoms. The monoisotopic (exact) mass is 747 g/mol. The Balaban J connectivity index is 0.000000211. The number of hydrogen-bond acceptors (Lipinski definition) is 9. The molecule has 0 fully saturated rings. The van der Waals surface area contributed by atoms with Gasteiger partial charge >= 0.3 is 0 Å². The van der Waals surface area contributed by atoms with E-state index in [4.69, 9.17) is 5.26 Å². The van der Waals surface area contributed by atoms with Crippen molar-refractivity contribution in [3.8, 4) is 40.7 Å². The van der Waals surface area contributed by atoms with E-state index in [1.165, 1.54) is 41.1 Å². The van der Waals surface area contributed by atoms with Crippen LogP contribution in [0.4, 0.5) is 44.7 Å². The molecule has 274 valence electrons. The summed E-state index contributed by atoms with van der Waals surface area (Å²) >= 11 is 0. The third-order valence-electron chi connectivity index (χ3n) is 7.91. The maximum Gasteiger partial charge on any atom is 0.291 e. The van der Waals surface area contributed by atoms with Crippen molar-refractivity contribution in [3.63, 3.8) is 0 Å². The predicted molar refractivity (Wildman–Crippen MR) is 193 cm³/mol. The Morgan fingerprint density at radius 3 is 1.35 bits per heavy atom. The molecule has 0 atom stereocenters. The van der Waals surface area contributed by atoms with Crippen LogP contribution in [0.25, 0.3) is 22.5 Å². The molecule has 6 aromatic rings. The van der Waals surface area contributed by atoms with Crippen LogP contribution < -0.4 is 21.8 Å². The Labute approximate surface area is 309 Å².